The molecule has 0 radical (unpaired) electrons. The van der Waals surface area contributed by atoms with Gasteiger partial charge in [-0.25, -0.2) is 0 Å². The normalized spacial score (nSPS) is 26.9. The van der Waals surface area contributed by atoms with E-state index in [9.17, 15) is 9.59 Å². The molecule has 2 aliphatic heterocycles. The maximum absolute atomic E-state index is 12.8. The molecule has 2 saturated heterocycles. The smallest absolute Gasteiger partial charge is 0.305 e. The summed E-state index contributed by atoms with van der Waals surface area (Å²) in [5.74, 6) is -0.0926. The topological polar surface area (TPSA) is 61.9 Å². The number of amides is 1. The Bertz CT molecular complexity index is 646. The fourth-order valence-corrected chi connectivity index (χ4v) is 4.14. The van der Waals surface area contributed by atoms with Crippen molar-refractivity contribution < 1.29 is 14.3 Å². The number of likely N-dealkylation sites (N-methyl/N-ethyl adjacent to an activating group) is 1. The molecule has 6 nitrogen and oxygen atoms in total. The van der Waals surface area contributed by atoms with E-state index in [4.69, 9.17) is 4.74 Å². The van der Waals surface area contributed by atoms with E-state index < -0.39 is 0 Å². The summed E-state index contributed by atoms with van der Waals surface area (Å²) in [6, 6.07) is 8.72. The van der Waals surface area contributed by atoms with Gasteiger partial charge in [0.2, 0.25) is 5.91 Å². The number of likely N-dealkylation sites (tertiary alicyclic amines) is 1. The van der Waals surface area contributed by atoms with Gasteiger partial charge in [-0.15, -0.1) is 0 Å². The summed E-state index contributed by atoms with van der Waals surface area (Å²) in [5.41, 5.74) is 2.48. The monoisotopic (exact) mass is 359 g/mol. The van der Waals surface area contributed by atoms with Crippen LogP contribution in [0, 0.1) is 6.92 Å². The number of nitrogens with one attached hydrogen (secondary N) is 1. The summed E-state index contributed by atoms with van der Waals surface area (Å²) in [7, 11) is 3.49. The molecule has 6 heteroatoms. The number of hydrogen-bond acceptors (Lipinski definition) is 5. The summed E-state index contributed by atoms with van der Waals surface area (Å²) in [6.45, 7) is 4.36. The van der Waals surface area contributed by atoms with Gasteiger partial charge < -0.3 is 10.1 Å². The van der Waals surface area contributed by atoms with Crippen LogP contribution in [0.1, 0.15) is 30.4 Å². The zero-order chi connectivity index (χ0) is 18.7. The van der Waals surface area contributed by atoms with Gasteiger partial charge in [-0.3, -0.25) is 19.4 Å². The van der Waals surface area contributed by atoms with Crippen molar-refractivity contribution in [2.24, 2.45) is 0 Å². The number of methoxy groups -OCH3 is 1. The van der Waals surface area contributed by atoms with Crippen molar-refractivity contribution in [1.29, 1.82) is 0 Å². The largest absolute Gasteiger partial charge is 0.469 e. The standard InChI is InChI=1S/C20H29N3O3/c1-14-4-6-15(7-5-14)13-23-11-10-17-19(23)20(25)21-12-16(22(17)2)8-9-18(24)26-3/h4-7,16-17,19H,8-13H2,1-3H3,(H,21,25)/t16-,17+,19-/m0/s1. The maximum atomic E-state index is 12.8. The van der Waals surface area contributed by atoms with Crippen LogP contribution < -0.4 is 5.32 Å². The Balaban J connectivity index is 1.69. The number of carbonyl (C=O) groups is 2. The molecule has 0 bridgehead atoms. The van der Waals surface area contributed by atoms with Crippen molar-refractivity contribution in [1.82, 2.24) is 15.1 Å². The third kappa shape index (κ3) is 4.07. The summed E-state index contributed by atoms with van der Waals surface area (Å²) < 4.78 is 4.75. The molecule has 0 spiro atoms. The lowest BCUT2D eigenvalue weighted by Crippen LogP contribution is -2.49. The zero-order valence-electron chi connectivity index (χ0n) is 15.9. The van der Waals surface area contributed by atoms with Crippen LogP contribution in [0.15, 0.2) is 24.3 Å². The van der Waals surface area contributed by atoms with E-state index in [1.807, 2.05) is 0 Å². The van der Waals surface area contributed by atoms with Crippen molar-refractivity contribution in [2.45, 2.75) is 50.9 Å². The highest BCUT2D eigenvalue weighted by molar-refractivity contribution is 5.83. The number of esters is 1. The van der Waals surface area contributed by atoms with Crippen molar-refractivity contribution in [2.75, 3.05) is 27.2 Å². The molecule has 3 rings (SSSR count). The highest BCUT2D eigenvalue weighted by Gasteiger charge is 2.44. The van der Waals surface area contributed by atoms with Gasteiger partial charge in [-0.05, 0) is 32.4 Å². The number of carbonyl (C=O) groups excluding carboxylic acids is 2. The van der Waals surface area contributed by atoms with E-state index in [1.165, 1.54) is 18.2 Å². The second-order valence-electron chi connectivity index (χ2n) is 7.44. The Morgan fingerprint density at radius 2 is 2.04 bits per heavy atom. The van der Waals surface area contributed by atoms with Gasteiger partial charge in [0.25, 0.3) is 0 Å². The summed E-state index contributed by atoms with van der Waals surface area (Å²) in [6.07, 6.45) is 2.05. The predicted molar refractivity (Wildman–Crippen MR) is 99.6 cm³/mol. The van der Waals surface area contributed by atoms with Crippen LogP contribution in [0.25, 0.3) is 0 Å². The molecule has 3 atom stereocenters. The van der Waals surface area contributed by atoms with Gasteiger partial charge in [0.1, 0.15) is 6.04 Å². The number of ether oxygens (including phenoxy) is 1. The first kappa shape index (κ1) is 18.9. The van der Waals surface area contributed by atoms with E-state index in [2.05, 4.69) is 53.4 Å². The van der Waals surface area contributed by atoms with Crippen LogP contribution in [0.3, 0.4) is 0 Å². The number of fused-ring (bicyclic) bond motifs is 1. The van der Waals surface area contributed by atoms with Crippen LogP contribution in [0.5, 0.6) is 0 Å². The van der Waals surface area contributed by atoms with Crippen LogP contribution in [-0.2, 0) is 20.9 Å². The second kappa shape index (κ2) is 8.18. The molecule has 1 amide bonds. The predicted octanol–water partition coefficient (Wildman–Crippen LogP) is 1.32. The zero-order valence-corrected chi connectivity index (χ0v) is 15.9. The molecule has 2 fully saturated rings. The quantitative estimate of drug-likeness (QED) is 0.804. The van der Waals surface area contributed by atoms with Crippen molar-refractivity contribution >= 4 is 11.9 Å². The Kier molecular flexibility index (Phi) is 5.94. The molecule has 0 saturated carbocycles. The SMILES string of the molecule is COC(=O)CC[C@H]1CNC(=O)[C@@H]2[C@@H](CCN2Cc2ccc(C)cc2)N1C. The van der Waals surface area contributed by atoms with Crippen LogP contribution in [0.2, 0.25) is 0 Å². The van der Waals surface area contributed by atoms with E-state index in [0.29, 0.717) is 19.4 Å². The molecule has 2 heterocycles. The molecule has 26 heavy (non-hydrogen) atoms. The average molecular weight is 359 g/mol. The van der Waals surface area contributed by atoms with Gasteiger partial charge in [0.15, 0.2) is 0 Å². The minimum atomic E-state index is -0.196. The Morgan fingerprint density at radius 3 is 2.73 bits per heavy atom. The third-order valence-electron chi connectivity index (χ3n) is 5.77. The highest BCUT2D eigenvalue weighted by atomic mass is 16.5. The lowest BCUT2D eigenvalue weighted by atomic mass is 10.0. The molecule has 1 aromatic rings. The molecular formula is C20H29N3O3. The van der Waals surface area contributed by atoms with Crippen molar-refractivity contribution in [3.8, 4) is 0 Å². The van der Waals surface area contributed by atoms with E-state index in [0.717, 1.165) is 19.5 Å². The van der Waals surface area contributed by atoms with Crippen molar-refractivity contribution in [3.05, 3.63) is 35.4 Å². The van der Waals surface area contributed by atoms with Crippen LogP contribution in [-0.4, -0.2) is 67.0 Å². The molecule has 1 N–H and O–H groups in total. The van der Waals surface area contributed by atoms with E-state index >= 15 is 0 Å². The number of hydrogen-bond donors (Lipinski definition) is 1. The molecule has 1 aromatic carbocycles. The average Bonchev–Trinajstić information content (AvgIpc) is 3.01. The molecule has 2 aliphatic rings. The van der Waals surface area contributed by atoms with E-state index in [1.54, 1.807) is 0 Å². The summed E-state index contributed by atoms with van der Waals surface area (Å²) in [5, 5.41) is 3.09. The van der Waals surface area contributed by atoms with Gasteiger partial charge in [0.05, 0.1) is 7.11 Å². The maximum Gasteiger partial charge on any atom is 0.305 e. The number of rotatable bonds is 5. The fourth-order valence-electron chi connectivity index (χ4n) is 4.14. The Labute approximate surface area is 155 Å². The van der Waals surface area contributed by atoms with Gasteiger partial charge in [-0.1, -0.05) is 29.8 Å². The first-order chi connectivity index (χ1) is 12.5. The number of aryl methyl sites for hydroxylation is 1. The van der Waals surface area contributed by atoms with Gasteiger partial charge in [0, 0.05) is 38.1 Å². The summed E-state index contributed by atoms with van der Waals surface area (Å²) >= 11 is 0. The first-order valence-electron chi connectivity index (χ1n) is 9.35. The lowest BCUT2D eigenvalue weighted by molar-refractivity contribution is -0.141. The van der Waals surface area contributed by atoms with Gasteiger partial charge in [-0.2, -0.15) is 0 Å². The van der Waals surface area contributed by atoms with Gasteiger partial charge >= 0.3 is 5.97 Å². The van der Waals surface area contributed by atoms with E-state index in [-0.39, 0.29) is 30.0 Å². The first-order valence-corrected chi connectivity index (χ1v) is 9.35. The van der Waals surface area contributed by atoms with Crippen molar-refractivity contribution in [3.63, 3.8) is 0 Å². The molecule has 0 aliphatic carbocycles. The number of nitrogens with zero attached hydrogens (tertiary/aromatic N) is 2. The second-order valence-corrected chi connectivity index (χ2v) is 7.44. The summed E-state index contributed by atoms with van der Waals surface area (Å²) in [4.78, 5) is 28.8. The minimum Gasteiger partial charge on any atom is -0.469 e. The fraction of sp³-hybridized carbons (Fsp3) is 0.600. The molecular weight excluding hydrogens is 330 g/mol. The highest BCUT2D eigenvalue weighted by Crippen LogP contribution is 2.28. The van der Waals surface area contributed by atoms with Crippen LogP contribution in [0.4, 0.5) is 0 Å². The Hall–Kier alpha value is -1.92. The minimum absolute atomic E-state index is 0.104. The number of benzene rings is 1. The molecule has 0 unspecified atom stereocenters. The molecule has 0 aromatic heterocycles. The molecule has 142 valence electrons. The lowest BCUT2D eigenvalue weighted by Gasteiger charge is -2.33. The Morgan fingerprint density at radius 1 is 1.31 bits per heavy atom. The van der Waals surface area contributed by atoms with Crippen LogP contribution >= 0.6 is 0 Å². The third-order valence-corrected chi connectivity index (χ3v) is 5.77.